The Bertz CT molecular complexity index is 1020. The van der Waals surface area contributed by atoms with E-state index >= 15 is 0 Å². The molecule has 0 aliphatic heterocycles. The highest BCUT2D eigenvalue weighted by Crippen LogP contribution is 2.36. The van der Waals surface area contributed by atoms with Crippen molar-refractivity contribution in [3.8, 4) is 11.6 Å². The van der Waals surface area contributed by atoms with Gasteiger partial charge in [-0.05, 0) is 42.8 Å². The predicted molar refractivity (Wildman–Crippen MR) is 106 cm³/mol. The van der Waals surface area contributed by atoms with Gasteiger partial charge in [-0.25, -0.2) is 0 Å². The summed E-state index contributed by atoms with van der Waals surface area (Å²) >= 11 is 17.8. The van der Waals surface area contributed by atoms with Crippen LogP contribution in [0.5, 0.6) is 11.6 Å². The monoisotopic (exact) mass is 425 g/mol. The first-order chi connectivity index (χ1) is 12.9. The van der Waals surface area contributed by atoms with Gasteiger partial charge in [0.2, 0.25) is 5.88 Å². The minimum Gasteiger partial charge on any atom is -0.493 e. The predicted octanol–water partition coefficient (Wildman–Crippen LogP) is 6.30. The third-order valence-corrected chi connectivity index (χ3v) is 4.43. The second-order valence-electron chi connectivity index (χ2n) is 5.63. The molecule has 6 nitrogen and oxygen atoms in total. The summed E-state index contributed by atoms with van der Waals surface area (Å²) in [5.41, 5.74) is 0.816. The van der Waals surface area contributed by atoms with Gasteiger partial charge in [0.15, 0.2) is 5.69 Å². The number of nitrogens with one attached hydrogen (secondary N) is 1. The quantitative estimate of drug-likeness (QED) is 0.358. The number of aromatic nitrogens is 1. The van der Waals surface area contributed by atoms with Gasteiger partial charge in [-0.3, -0.25) is 4.79 Å². The summed E-state index contributed by atoms with van der Waals surface area (Å²) in [5.74, 6) is -0.114. The van der Waals surface area contributed by atoms with Crippen molar-refractivity contribution < 1.29 is 14.6 Å². The summed E-state index contributed by atoms with van der Waals surface area (Å²) in [4.78, 5) is 14.6. The first kappa shape index (κ1) is 19.5. The molecule has 0 saturated heterocycles. The van der Waals surface area contributed by atoms with Crippen LogP contribution in [0.25, 0.3) is 10.9 Å². The van der Waals surface area contributed by atoms with E-state index in [1.165, 1.54) is 0 Å². The lowest BCUT2D eigenvalue weighted by molar-refractivity contribution is -0.118. The minimum atomic E-state index is -0.434. The van der Waals surface area contributed by atoms with E-state index in [1.807, 2.05) is 0 Å². The number of H-pyrrole nitrogens is 1. The van der Waals surface area contributed by atoms with Gasteiger partial charge in [0, 0.05) is 21.9 Å². The smallest absolute Gasteiger partial charge is 0.264 e. The zero-order valence-corrected chi connectivity index (χ0v) is 16.1. The molecule has 0 bridgehead atoms. The molecule has 0 radical (unpaired) electrons. The highest BCUT2D eigenvalue weighted by atomic mass is 35.5. The number of halogens is 3. The molecule has 0 spiro atoms. The van der Waals surface area contributed by atoms with Crippen LogP contribution >= 0.6 is 34.8 Å². The third-order valence-electron chi connectivity index (χ3n) is 3.66. The van der Waals surface area contributed by atoms with E-state index in [-0.39, 0.29) is 24.6 Å². The van der Waals surface area contributed by atoms with Gasteiger partial charge >= 0.3 is 0 Å². The number of carbonyl (C=O) groups excluding carboxylic acids is 1. The van der Waals surface area contributed by atoms with Crippen molar-refractivity contribution in [2.24, 2.45) is 10.2 Å². The van der Waals surface area contributed by atoms with Crippen LogP contribution in [-0.4, -0.2) is 22.6 Å². The summed E-state index contributed by atoms with van der Waals surface area (Å²) < 4.78 is 5.51. The van der Waals surface area contributed by atoms with Gasteiger partial charge in [-0.2, -0.15) is 0 Å². The normalized spacial score (nSPS) is 11.4. The maximum absolute atomic E-state index is 11.9. The Kier molecular flexibility index (Phi) is 6.21. The molecular weight excluding hydrogens is 413 g/mol. The summed E-state index contributed by atoms with van der Waals surface area (Å²) in [5, 5.41) is 19.4. The number of nitrogens with zero attached hydrogens (tertiary/aromatic N) is 2. The van der Waals surface area contributed by atoms with Crippen molar-refractivity contribution in [1.29, 1.82) is 0 Å². The maximum Gasteiger partial charge on any atom is 0.264 e. The summed E-state index contributed by atoms with van der Waals surface area (Å²) in [6.45, 7) is 0.288. The number of aromatic hydroxyl groups is 1. The Morgan fingerprint density at radius 3 is 2.63 bits per heavy atom. The minimum absolute atomic E-state index is 0.137. The molecule has 2 N–H and O–H groups in total. The molecule has 140 valence electrons. The molecule has 1 heterocycles. The van der Waals surface area contributed by atoms with Crippen molar-refractivity contribution in [1.82, 2.24) is 4.98 Å². The average molecular weight is 427 g/mol. The van der Waals surface area contributed by atoms with E-state index in [1.54, 1.807) is 36.4 Å². The van der Waals surface area contributed by atoms with E-state index in [4.69, 9.17) is 39.5 Å². The average Bonchev–Trinajstić information content (AvgIpc) is 2.93. The van der Waals surface area contributed by atoms with Crippen molar-refractivity contribution >= 4 is 57.3 Å². The highest BCUT2D eigenvalue weighted by molar-refractivity contribution is 6.35. The highest BCUT2D eigenvalue weighted by Gasteiger charge is 2.11. The zero-order valence-electron chi connectivity index (χ0n) is 13.9. The van der Waals surface area contributed by atoms with Gasteiger partial charge in [-0.15, -0.1) is 10.2 Å². The summed E-state index contributed by atoms with van der Waals surface area (Å²) in [6, 6.07) is 9.93. The molecule has 1 aromatic heterocycles. The van der Waals surface area contributed by atoms with E-state index in [0.717, 1.165) is 0 Å². The Balaban J connectivity index is 1.55. The second kappa shape index (κ2) is 8.61. The summed E-state index contributed by atoms with van der Waals surface area (Å²) in [7, 11) is 0. The molecule has 2 aromatic carbocycles. The number of aromatic amines is 1. The van der Waals surface area contributed by atoms with Gasteiger partial charge in [0.1, 0.15) is 5.75 Å². The molecular formula is C18H14Cl3N3O3. The molecule has 0 unspecified atom stereocenters. The van der Waals surface area contributed by atoms with Gasteiger partial charge in [-0.1, -0.05) is 34.8 Å². The van der Waals surface area contributed by atoms with Crippen LogP contribution in [0, 0.1) is 0 Å². The maximum atomic E-state index is 11.9. The molecule has 1 amide bonds. The molecule has 9 heteroatoms. The van der Waals surface area contributed by atoms with Crippen molar-refractivity contribution in [2.45, 2.75) is 12.8 Å². The van der Waals surface area contributed by atoms with Crippen LogP contribution < -0.4 is 4.74 Å². The molecule has 0 fully saturated rings. The lowest BCUT2D eigenvalue weighted by atomic mass is 10.2. The Labute approximate surface area is 169 Å². The van der Waals surface area contributed by atoms with Crippen LogP contribution in [0.3, 0.4) is 0 Å². The fourth-order valence-electron chi connectivity index (χ4n) is 2.39. The lowest BCUT2D eigenvalue weighted by Gasteiger charge is -2.07. The van der Waals surface area contributed by atoms with E-state index in [2.05, 4.69) is 15.2 Å². The Morgan fingerprint density at radius 2 is 1.85 bits per heavy atom. The molecule has 0 atom stereocenters. The first-order valence-electron chi connectivity index (χ1n) is 7.96. The fourth-order valence-corrected chi connectivity index (χ4v) is 3.03. The van der Waals surface area contributed by atoms with Crippen LogP contribution in [-0.2, 0) is 4.79 Å². The lowest BCUT2D eigenvalue weighted by Crippen LogP contribution is -2.01. The van der Waals surface area contributed by atoms with Crippen LogP contribution in [0.1, 0.15) is 12.8 Å². The van der Waals surface area contributed by atoms with E-state index in [9.17, 15) is 9.90 Å². The van der Waals surface area contributed by atoms with Gasteiger partial charge in [0.05, 0.1) is 17.1 Å². The van der Waals surface area contributed by atoms with E-state index in [0.29, 0.717) is 38.1 Å². The number of azo groups is 1. The van der Waals surface area contributed by atoms with Crippen LogP contribution in [0.15, 0.2) is 46.6 Å². The van der Waals surface area contributed by atoms with Crippen molar-refractivity contribution in [2.75, 3.05) is 6.61 Å². The van der Waals surface area contributed by atoms with Crippen molar-refractivity contribution in [3.05, 3.63) is 51.5 Å². The van der Waals surface area contributed by atoms with Crippen molar-refractivity contribution in [3.63, 3.8) is 0 Å². The van der Waals surface area contributed by atoms with Gasteiger partial charge < -0.3 is 14.8 Å². The molecule has 3 aromatic rings. The number of rotatable bonds is 6. The number of carbonyl (C=O) groups is 1. The number of benzene rings is 2. The third kappa shape index (κ3) is 4.91. The molecule has 3 rings (SSSR count). The fraction of sp³-hybridized carbons (Fsp3) is 0.167. The first-order valence-corrected chi connectivity index (χ1v) is 9.10. The number of fused-ring (bicyclic) bond motifs is 1. The summed E-state index contributed by atoms with van der Waals surface area (Å²) in [6.07, 6.45) is 0.571. The Hall–Kier alpha value is -2.28. The number of amides is 1. The second-order valence-corrected chi connectivity index (χ2v) is 6.91. The SMILES string of the molecule is O=C(CCCOc1ccc(Cl)cc1Cl)N=Nc1c(O)[nH]c2ccc(Cl)cc12. The topological polar surface area (TPSA) is 87.0 Å². The van der Waals surface area contributed by atoms with Crippen LogP contribution in [0.4, 0.5) is 5.69 Å². The number of hydrogen-bond acceptors (Lipinski definition) is 4. The number of ether oxygens (including phenoxy) is 1. The molecule has 27 heavy (non-hydrogen) atoms. The molecule has 0 aliphatic rings. The molecule has 0 saturated carbocycles. The van der Waals surface area contributed by atoms with Crippen LogP contribution in [0.2, 0.25) is 15.1 Å². The largest absolute Gasteiger partial charge is 0.493 e. The standard InChI is InChI=1S/C18H14Cl3N3O3/c19-10-3-5-14-12(8-10)17(18(26)22-14)24-23-16(25)2-1-7-27-15-6-4-11(20)9-13(15)21/h3-6,8-9,22,26H,1-2,7H2. The Morgan fingerprint density at radius 1 is 1.11 bits per heavy atom. The van der Waals surface area contributed by atoms with E-state index < -0.39 is 5.91 Å². The zero-order chi connectivity index (χ0) is 19.4. The van der Waals surface area contributed by atoms with Gasteiger partial charge in [0.25, 0.3) is 5.91 Å². The number of hydrogen-bond donors (Lipinski definition) is 2. The molecule has 0 aliphatic carbocycles.